The smallest absolute Gasteiger partial charge is 0.318 e. The number of carbonyl (C=O) groups is 1. The second kappa shape index (κ2) is 9.22. The van der Waals surface area contributed by atoms with Gasteiger partial charge in [-0.3, -0.25) is 4.79 Å². The zero-order valence-corrected chi connectivity index (χ0v) is 18.4. The summed E-state index contributed by atoms with van der Waals surface area (Å²) in [6.07, 6.45) is 3.60. The van der Waals surface area contributed by atoms with E-state index in [1.165, 1.54) is 25.2 Å². The van der Waals surface area contributed by atoms with E-state index in [9.17, 15) is 4.79 Å². The molecule has 0 radical (unpaired) electrons. The number of hydrogen-bond donors (Lipinski definition) is 0. The second-order valence-corrected chi connectivity index (χ2v) is 8.20. The van der Waals surface area contributed by atoms with Crippen LogP contribution < -0.4 is 4.74 Å². The van der Waals surface area contributed by atoms with Crippen molar-refractivity contribution in [3.63, 3.8) is 0 Å². The number of carbonyl (C=O) groups excluding carboxylic acids is 1. The van der Waals surface area contributed by atoms with Gasteiger partial charge in [-0.15, -0.1) is 0 Å². The van der Waals surface area contributed by atoms with Crippen molar-refractivity contribution in [2.45, 2.75) is 24.1 Å². The Morgan fingerprint density at radius 3 is 2.52 bits per heavy atom. The minimum Gasteiger partial charge on any atom is -0.494 e. The SMILES string of the molecule is CCOc1ccc(-n2cc(-c3ccccc3)c3c(S[C@H](C)C(=O)OC)ncnc32)cc1. The molecule has 6 nitrogen and oxygen atoms in total. The number of thioether (sulfide) groups is 1. The van der Waals surface area contributed by atoms with E-state index in [2.05, 4.69) is 28.3 Å². The minimum absolute atomic E-state index is 0.288. The van der Waals surface area contributed by atoms with Gasteiger partial charge in [-0.1, -0.05) is 42.1 Å². The minimum atomic E-state index is -0.388. The van der Waals surface area contributed by atoms with Crippen molar-refractivity contribution in [1.29, 1.82) is 0 Å². The van der Waals surface area contributed by atoms with Crippen LogP contribution in [0.3, 0.4) is 0 Å². The monoisotopic (exact) mass is 433 g/mol. The fraction of sp³-hybridized carbons (Fsp3) is 0.208. The molecule has 7 heteroatoms. The summed E-state index contributed by atoms with van der Waals surface area (Å²) in [7, 11) is 1.40. The molecule has 31 heavy (non-hydrogen) atoms. The lowest BCUT2D eigenvalue weighted by Gasteiger charge is -2.10. The molecule has 0 aliphatic heterocycles. The van der Waals surface area contributed by atoms with Gasteiger partial charge in [-0.25, -0.2) is 9.97 Å². The van der Waals surface area contributed by atoms with E-state index in [0.717, 1.165) is 38.6 Å². The van der Waals surface area contributed by atoms with E-state index in [1.54, 1.807) is 0 Å². The van der Waals surface area contributed by atoms with Gasteiger partial charge in [0.25, 0.3) is 0 Å². The number of methoxy groups -OCH3 is 1. The number of fused-ring (bicyclic) bond motifs is 1. The molecule has 2 heterocycles. The summed E-state index contributed by atoms with van der Waals surface area (Å²) in [5.74, 6) is 0.535. The van der Waals surface area contributed by atoms with Crippen molar-refractivity contribution in [2.75, 3.05) is 13.7 Å². The standard InChI is InChI=1S/C24H23N3O3S/c1-4-30-19-12-10-18(11-13-19)27-14-20(17-8-6-5-7-9-17)21-22(27)25-15-26-23(21)31-16(2)24(28)29-3/h5-16H,4H2,1-3H3/t16-/m1/s1. The van der Waals surface area contributed by atoms with Crippen molar-refractivity contribution < 1.29 is 14.3 Å². The van der Waals surface area contributed by atoms with Gasteiger partial charge in [0, 0.05) is 17.4 Å². The molecule has 0 saturated heterocycles. The molecule has 0 saturated carbocycles. The number of aromatic nitrogens is 3. The lowest BCUT2D eigenvalue weighted by Crippen LogP contribution is -2.14. The molecule has 4 rings (SSSR count). The van der Waals surface area contributed by atoms with Crippen LogP contribution in [0.4, 0.5) is 0 Å². The molecule has 2 aromatic carbocycles. The van der Waals surface area contributed by atoms with Gasteiger partial charge in [0.2, 0.25) is 0 Å². The fourth-order valence-electron chi connectivity index (χ4n) is 3.41. The second-order valence-electron chi connectivity index (χ2n) is 6.87. The maximum atomic E-state index is 12.0. The summed E-state index contributed by atoms with van der Waals surface area (Å²) in [5.41, 5.74) is 3.80. The third-order valence-electron chi connectivity index (χ3n) is 4.88. The Labute approximate surface area is 185 Å². The average Bonchev–Trinajstić information content (AvgIpc) is 3.20. The molecule has 0 aliphatic carbocycles. The molecule has 0 aliphatic rings. The number of esters is 1. The molecule has 0 amide bonds. The average molecular weight is 434 g/mol. The van der Waals surface area contributed by atoms with Gasteiger partial charge in [-0.2, -0.15) is 0 Å². The maximum Gasteiger partial charge on any atom is 0.318 e. The largest absolute Gasteiger partial charge is 0.494 e. The van der Waals surface area contributed by atoms with Crippen molar-refractivity contribution >= 4 is 28.8 Å². The van der Waals surface area contributed by atoms with Gasteiger partial charge < -0.3 is 14.0 Å². The zero-order valence-electron chi connectivity index (χ0n) is 17.6. The van der Waals surface area contributed by atoms with E-state index < -0.39 is 0 Å². The van der Waals surface area contributed by atoms with Gasteiger partial charge in [-0.05, 0) is 43.7 Å². The Morgan fingerprint density at radius 1 is 1.10 bits per heavy atom. The van der Waals surface area contributed by atoms with E-state index in [-0.39, 0.29) is 11.2 Å². The Balaban J connectivity index is 1.88. The molecule has 158 valence electrons. The molecule has 0 unspecified atom stereocenters. The van der Waals surface area contributed by atoms with Crippen LogP contribution in [0, 0.1) is 0 Å². The molecular formula is C24H23N3O3S. The molecule has 0 fully saturated rings. The summed E-state index contributed by atoms with van der Waals surface area (Å²) in [4.78, 5) is 21.1. The Kier molecular flexibility index (Phi) is 6.23. The lowest BCUT2D eigenvalue weighted by molar-refractivity contribution is -0.139. The zero-order chi connectivity index (χ0) is 21.8. The molecule has 1 atom stereocenters. The predicted molar refractivity (Wildman–Crippen MR) is 123 cm³/mol. The summed E-state index contributed by atoms with van der Waals surface area (Å²) >= 11 is 1.37. The summed E-state index contributed by atoms with van der Waals surface area (Å²) in [6.45, 7) is 4.40. The highest BCUT2D eigenvalue weighted by atomic mass is 32.2. The van der Waals surface area contributed by atoms with Gasteiger partial charge in [0.15, 0.2) is 0 Å². The van der Waals surface area contributed by atoms with Crippen LogP contribution in [0.5, 0.6) is 5.75 Å². The first kappa shape index (κ1) is 20.9. The number of ether oxygens (including phenoxy) is 2. The van der Waals surface area contributed by atoms with E-state index in [1.807, 2.05) is 60.9 Å². The van der Waals surface area contributed by atoms with Crippen LogP contribution in [0.1, 0.15) is 13.8 Å². The van der Waals surface area contributed by atoms with Crippen molar-refractivity contribution in [3.8, 4) is 22.6 Å². The third kappa shape index (κ3) is 4.27. The van der Waals surface area contributed by atoms with Crippen LogP contribution in [-0.4, -0.2) is 39.5 Å². The fourth-order valence-corrected chi connectivity index (χ4v) is 4.36. The van der Waals surface area contributed by atoms with Crippen LogP contribution in [-0.2, 0) is 9.53 Å². The number of benzene rings is 2. The molecular weight excluding hydrogens is 410 g/mol. The van der Waals surface area contributed by atoms with Gasteiger partial charge in [0.05, 0.1) is 19.1 Å². The molecule has 4 aromatic rings. The summed E-state index contributed by atoms with van der Waals surface area (Å²) < 4.78 is 12.5. The van der Waals surface area contributed by atoms with Gasteiger partial charge >= 0.3 is 5.97 Å². The quantitative estimate of drug-likeness (QED) is 0.228. The number of rotatable bonds is 7. The van der Waals surface area contributed by atoms with Crippen molar-refractivity contribution in [3.05, 3.63) is 67.1 Å². The Morgan fingerprint density at radius 2 is 1.84 bits per heavy atom. The van der Waals surface area contributed by atoms with Crippen LogP contribution in [0.15, 0.2) is 72.1 Å². The predicted octanol–water partition coefficient (Wildman–Crippen LogP) is 5.14. The maximum absolute atomic E-state index is 12.0. The highest BCUT2D eigenvalue weighted by molar-refractivity contribution is 8.00. The van der Waals surface area contributed by atoms with Crippen molar-refractivity contribution in [2.24, 2.45) is 0 Å². The van der Waals surface area contributed by atoms with Crippen LogP contribution >= 0.6 is 11.8 Å². The van der Waals surface area contributed by atoms with E-state index >= 15 is 0 Å². The molecule has 0 spiro atoms. The number of nitrogens with zero attached hydrogens (tertiary/aromatic N) is 3. The van der Waals surface area contributed by atoms with Crippen LogP contribution in [0.25, 0.3) is 27.8 Å². The normalized spacial score (nSPS) is 12.0. The first-order valence-electron chi connectivity index (χ1n) is 10.0. The molecule has 0 N–H and O–H groups in total. The van der Waals surface area contributed by atoms with Crippen LogP contribution in [0.2, 0.25) is 0 Å². The number of hydrogen-bond acceptors (Lipinski definition) is 6. The first-order valence-corrected chi connectivity index (χ1v) is 10.9. The molecule has 2 aromatic heterocycles. The summed E-state index contributed by atoms with van der Waals surface area (Å²) in [6, 6.07) is 18.0. The van der Waals surface area contributed by atoms with Crippen molar-refractivity contribution in [1.82, 2.24) is 14.5 Å². The lowest BCUT2D eigenvalue weighted by atomic mass is 10.1. The Bertz CT molecular complexity index is 1190. The topological polar surface area (TPSA) is 66.2 Å². The highest BCUT2D eigenvalue weighted by Crippen LogP contribution is 2.38. The van der Waals surface area contributed by atoms with E-state index in [4.69, 9.17) is 9.47 Å². The highest BCUT2D eigenvalue weighted by Gasteiger charge is 2.22. The van der Waals surface area contributed by atoms with Gasteiger partial charge in [0.1, 0.15) is 28.0 Å². The van der Waals surface area contributed by atoms with E-state index in [0.29, 0.717) is 6.61 Å². The molecule has 0 bridgehead atoms. The first-order chi connectivity index (χ1) is 15.1. The summed E-state index contributed by atoms with van der Waals surface area (Å²) in [5, 5.41) is 1.26. The third-order valence-corrected chi connectivity index (χ3v) is 5.96. The Hall–Kier alpha value is -3.32.